The van der Waals surface area contributed by atoms with Crippen molar-refractivity contribution >= 4 is 8.80 Å². The minimum Gasteiger partial charge on any atom is -0.377 e. The smallest absolute Gasteiger partial charge is 0.377 e. The zero-order valence-corrected chi connectivity index (χ0v) is 14.5. The van der Waals surface area contributed by atoms with Crippen LogP contribution in [0.1, 0.15) is 26.2 Å². The molecule has 1 unspecified atom stereocenters. The van der Waals surface area contributed by atoms with Gasteiger partial charge in [-0.1, -0.05) is 39.5 Å². The first kappa shape index (κ1) is 19.3. The molecular weight excluding hydrogens is 272 g/mol. The molecule has 0 bridgehead atoms. The van der Waals surface area contributed by atoms with Crippen molar-refractivity contribution in [3.63, 3.8) is 0 Å². The summed E-state index contributed by atoms with van der Waals surface area (Å²) >= 11 is 0. The molecule has 0 aliphatic carbocycles. The summed E-state index contributed by atoms with van der Waals surface area (Å²) < 4.78 is 21.7. The Balaban J connectivity index is 5.03. The first-order chi connectivity index (χ1) is 9.43. The Morgan fingerprint density at radius 2 is 1.50 bits per heavy atom. The summed E-state index contributed by atoms with van der Waals surface area (Å²) in [7, 11) is 3.37. The Morgan fingerprint density at radius 1 is 1.00 bits per heavy atom. The number of unbranched alkanes of at least 4 members (excludes halogenated alkanes) is 1. The average molecular weight is 300 g/mol. The van der Waals surface area contributed by atoms with Gasteiger partial charge in [0.25, 0.3) is 0 Å². The lowest BCUT2D eigenvalue weighted by Gasteiger charge is -2.29. The molecule has 0 aromatic heterocycles. The van der Waals surface area contributed by atoms with Gasteiger partial charge < -0.3 is 18.0 Å². The summed E-state index contributed by atoms with van der Waals surface area (Å²) in [5.74, 6) is 0. The Kier molecular flexibility index (Phi) is 8.92. The molecule has 116 valence electrons. The molecule has 0 saturated carbocycles. The standard InChI is InChI=1S/C15H28O4Si/c1-9-10-11-15(16-5)13(3)12(2)14(4)20(17-6,18-7)19-8/h15H,2-4,9-11H2,1,5-8H3. The molecule has 1 atom stereocenters. The predicted molar refractivity (Wildman–Crippen MR) is 84.5 cm³/mol. The summed E-state index contributed by atoms with van der Waals surface area (Å²) in [6.07, 6.45) is 3.00. The Hall–Kier alpha value is -0.723. The molecule has 0 aromatic rings. The molecule has 20 heavy (non-hydrogen) atoms. The van der Waals surface area contributed by atoms with E-state index in [0.717, 1.165) is 24.8 Å². The minimum absolute atomic E-state index is 0.0727. The summed E-state index contributed by atoms with van der Waals surface area (Å²) in [6.45, 7) is 14.3. The van der Waals surface area contributed by atoms with E-state index in [9.17, 15) is 0 Å². The monoisotopic (exact) mass is 300 g/mol. The van der Waals surface area contributed by atoms with Crippen LogP contribution in [0.2, 0.25) is 0 Å². The highest BCUT2D eigenvalue weighted by Gasteiger charge is 2.43. The third-order valence-electron chi connectivity index (χ3n) is 3.42. The van der Waals surface area contributed by atoms with Gasteiger partial charge in [-0.3, -0.25) is 0 Å². The van der Waals surface area contributed by atoms with Crippen molar-refractivity contribution in [3.8, 4) is 0 Å². The lowest BCUT2D eigenvalue weighted by molar-refractivity contribution is 0.123. The molecule has 0 aromatic carbocycles. The van der Waals surface area contributed by atoms with Gasteiger partial charge in [0, 0.05) is 33.6 Å². The quantitative estimate of drug-likeness (QED) is 0.433. The Bertz CT molecular complexity index is 340. The summed E-state index contributed by atoms with van der Waals surface area (Å²) in [5, 5.41) is 0.619. The zero-order valence-electron chi connectivity index (χ0n) is 13.5. The fraction of sp³-hybridized carbons (Fsp3) is 0.600. The molecule has 0 spiro atoms. The van der Waals surface area contributed by atoms with Gasteiger partial charge in [-0.2, -0.15) is 0 Å². The van der Waals surface area contributed by atoms with Crippen LogP contribution in [-0.4, -0.2) is 43.3 Å². The maximum absolute atomic E-state index is 5.49. The SMILES string of the molecule is C=C(C(=C)C(CCCC)OC)C(=C)[Si](OC)(OC)OC. The van der Waals surface area contributed by atoms with Crippen LogP contribution in [0.15, 0.2) is 36.1 Å². The second-order valence-electron chi connectivity index (χ2n) is 4.52. The molecule has 0 fully saturated rings. The van der Waals surface area contributed by atoms with Gasteiger partial charge in [-0.05, 0) is 17.6 Å². The molecule has 0 heterocycles. The molecular formula is C15H28O4Si. The fourth-order valence-electron chi connectivity index (χ4n) is 2.02. The van der Waals surface area contributed by atoms with Crippen LogP contribution in [0.25, 0.3) is 0 Å². The van der Waals surface area contributed by atoms with E-state index in [1.54, 1.807) is 28.4 Å². The van der Waals surface area contributed by atoms with E-state index in [0.29, 0.717) is 10.8 Å². The average Bonchev–Trinajstić information content (AvgIpc) is 2.49. The highest BCUT2D eigenvalue weighted by Crippen LogP contribution is 2.29. The highest BCUT2D eigenvalue weighted by molar-refractivity contribution is 6.69. The summed E-state index contributed by atoms with van der Waals surface area (Å²) in [4.78, 5) is 0. The maximum Gasteiger partial charge on any atom is 0.536 e. The van der Waals surface area contributed by atoms with Crippen molar-refractivity contribution in [3.05, 3.63) is 36.1 Å². The van der Waals surface area contributed by atoms with E-state index >= 15 is 0 Å². The minimum atomic E-state index is -2.95. The van der Waals surface area contributed by atoms with Gasteiger partial charge in [0.05, 0.1) is 6.10 Å². The normalized spacial score (nSPS) is 13.1. The van der Waals surface area contributed by atoms with E-state index in [1.807, 2.05) is 0 Å². The number of rotatable bonds is 11. The van der Waals surface area contributed by atoms with Crippen LogP contribution in [0.4, 0.5) is 0 Å². The lowest BCUT2D eigenvalue weighted by atomic mass is 9.99. The largest absolute Gasteiger partial charge is 0.536 e. The number of methoxy groups -OCH3 is 1. The topological polar surface area (TPSA) is 36.9 Å². The molecule has 0 rings (SSSR count). The van der Waals surface area contributed by atoms with Crippen LogP contribution in [0.5, 0.6) is 0 Å². The van der Waals surface area contributed by atoms with Crippen LogP contribution in [0, 0.1) is 0 Å². The van der Waals surface area contributed by atoms with Crippen molar-refractivity contribution in [1.29, 1.82) is 0 Å². The lowest BCUT2D eigenvalue weighted by Crippen LogP contribution is -2.46. The molecule has 0 aliphatic rings. The number of allylic oxidation sites excluding steroid dienone is 1. The second kappa shape index (κ2) is 9.26. The highest BCUT2D eigenvalue weighted by atomic mass is 28.4. The molecule has 0 aliphatic heterocycles. The Labute approximate surface area is 124 Å². The van der Waals surface area contributed by atoms with Gasteiger partial charge >= 0.3 is 8.80 Å². The molecule has 0 saturated heterocycles. The van der Waals surface area contributed by atoms with Gasteiger partial charge in [0.15, 0.2) is 0 Å². The van der Waals surface area contributed by atoms with Crippen molar-refractivity contribution in [2.24, 2.45) is 0 Å². The number of hydrogen-bond donors (Lipinski definition) is 0. The third kappa shape index (κ3) is 4.39. The molecule has 0 radical (unpaired) electrons. The van der Waals surface area contributed by atoms with Crippen LogP contribution in [0.3, 0.4) is 0 Å². The molecule has 4 nitrogen and oxygen atoms in total. The van der Waals surface area contributed by atoms with Crippen molar-refractivity contribution < 1.29 is 18.0 Å². The van der Waals surface area contributed by atoms with Gasteiger partial charge in [-0.25, -0.2) is 0 Å². The molecule has 5 heteroatoms. The van der Waals surface area contributed by atoms with E-state index < -0.39 is 8.80 Å². The van der Waals surface area contributed by atoms with Crippen molar-refractivity contribution in [1.82, 2.24) is 0 Å². The van der Waals surface area contributed by atoms with Gasteiger partial charge in [0.1, 0.15) is 0 Å². The van der Waals surface area contributed by atoms with Crippen molar-refractivity contribution in [2.75, 3.05) is 28.4 Å². The van der Waals surface area contributed by atoms with Crippen LogP contribution < -0.4 is 0 Å². The third-order valence-corrected chi connectivity index (χ3v) is 6.07. The first-order valence-corrected chi connectivity index (χ1v) is 8.42. The van der Waals surface area contributed by atoms with E-state index in [2.05, 4.69) is 26.7 Å². The number of hydrogen-bond acceptors (Lipinski definition) is 4. The van der Waals surface area contributed by atoms with Crippen LogP contribution in [-0.2, 0) is 18.0 Å². The first-order valence-electron chi connectivity index (χ1n) is 6.70. The van der Waals surface area contributed by atoms with E-state index in [4.69, 9.17) is 18.0 Å². The fourth-order valence-corrected chi connectivity index (χ4v) is 3.79. The molecule has 0 N–H and O–H groups in total. The Morgan fingerprint density at radius 3 is 1.85 bits per heavy atom. The molecule has 0 amide bonds. The van der Waals surface area contributed by atoms with Crippen LogP contribution >= 0.6 is 0 Å². The summed E-state index contributed by atoms with van der Waals surface area (Å²) in [5.41, 5.74) is 1.49. The van der Waals surface area contributed by atoms with Crippen molar-refractivity contribution in [2.45, 2.75) is 32.3 Å². The predicted octanol–water partition coefficient (Wildman–Crippen LogP) is 3.28. The second-order valence-corrected chi connectivity index (χ2v) is 7.46. The summed E-state index contributed by atoms with van der Waals surface area (Å²) in [6, 6.07) is 0. The zero-order chi connectivity index (χ0) is 15.8. The maximum atomic E-state index is 5.49. The van der Waals surface area contributed by atoms with E-state index in [-0.39, 0.29) is 6.10 Å². The van der Waals surface area contributed by atoms with Gasteiger partial charge in [-0.15, -0.1) is 0 Å². The van der Waals surface area contributed by atoms with E-state index in [1.165, 1.54) is 0 Å². The number of ether oxygens (including phenoxy) is 1. The van der Waals surface area contributed by atoms with Gasteiger partial charge in [0.2, 0.25) is 0 Å².